The van der Waals surface area contributed by atoms with Crippen LogP contribution < -0.4 is 5.32 Å². The highest BCUT2D eigenvalue weighted by molar-refractivity contribution is 5.81. The van der Waals surface area contributed by atoms with Crippen LogP contribution in [0.1, 0.15) is 26.7 Å². The molecular weight excluding hydrogens is 250 g/mol. The molecule has 0 saturated carbocycles. The van der Waals surface area contributed by atoms with Gasteiger partial charge >= 0.3 is 12.0 Å². The Bertz CT molecular complexity index is 370. The SMILES string of the molecule is CC(C)N(CC(=O)O)C(=O)NC1CCC(=O)N(C)C1. The van der Waals surface area contributed by atoms with E-state index in [2.05, 4.69) is 5.32 Å². The minimum Gasteiger partial charge on any atom is -0.480 e. The van der Waals surface area contributed by atoms with Crippen LogP contribution in [-0.4, -0.2) is 65.0 Å². The van der Waals surface area contributed by atoms with E-state index in [0.717, 1.165) is 0 Å². The molecule has 3 amide bonds. The number of carbonyl (C=O) groups excluding carboxylic acids is 2. The maximum atomic E-state index is 12.0. The van der Waals surface area contributed by atoms with Gasteiger partial charge in [0.1, 0.15) is 6.54 Å². The summed E-state index contributed by atoms with van der Waals surface area (Å²) in [6, 6.07) is -0.713. The molecule has 1 saturated heterocycles. The van der Waals surface area contributed by atoms with Crippen molar-refractivity contribution in [3.8, 4) is 0 Å². The molecule has 1 aliphatic rings. The Morgan fingerprint density at radius 3 is 2.63 bits per heavy atom. The number of carboxylic acids is 1. The van der Waals surface area contributed by atoms with Crippen molar-refractivity contribution in [3.63, 3.8) is 0 Å². The van der Waals surface area contributed by atoms with Gasteiger partial charge in [-0.1, -0.05) is 0 Å². The van der Waals surface area contributed by atoms with E-state index in [0.29, 0.717) is 19.4 Å². The van der Waals surface area contributed by atoms with E-state index in [4.69, 9.17) is 5.11 Å². The van der Waals surface area contributed by atoms with Gasteiger partial charge in [-0.2, -0.15) is 0 Å². The van der Waals surface area contributed by atoms with E-state index >= 15 is 0 Å². The van der Waals surface area contributed by atoms with Gasteiger partial charge in [0, 0.05) is 32.1 Å². The molecule has 7 heteroatoms. The summed E-state index contributed by atoms with van der Waals surface area (Å²) >= 11 is 0. The average molecular weight is 271 g/mol. The van der Waals surface area contributed by atoms with E-state index in [1.54, 1.807) is 25.8 Å². The highest BCUT2D eigenvalue weighted by Crippen LogP contribution is 2.10. The molecule has 0 aromatic heterocycles. The van der Waals surface area contributed by atoms with Gasteiger partial charge in [-0.05, 0) is 20.3 Å². The van der Waals surface area contributed by atoms with E-state index in [9.17, 15) is 14.4 Å². The Kier molecular flexibility index (Phi) is 5.14. The van der Waals surface area contributed by atoms with Crippen LogP contribution in [0.2, 0.25) is 0 Å². The van der Waals surface area contributed by atoms with Crippen LogP contribution in [0.25, 0.3) is 0 Å². The van der Waals surface area contributed by atoms with Crippen LogP contribution in [0.15, 0.2) is 0 Å². The number of aliphatic carboxylic acids is 1. The average Bonchev–Trinajstić information content (AvgIpc) is 2.30. The highest BCUT2D eigenvalue weighted by atomic mass is 16.4. The summed E-state index contributed by atoms with van der Waals surface area (Å²) in [4.78, 5) is 36.9. The molecule has 2 N–H and O–H groups in total. The Hall–Kier alpha value is -1.79. The molecule has 1 atom stereocenters. The van der Waals surface area contributed by atoms with E-state index in [1.807, 2.05) is 0 Å². The minimum absolute atomic E-state index is 0.0664. The van der Waals surface area contributed by atoms with Gasteiger partial charge in [0.15, 0.2) is 0 Å². The first-order valence-electron chi connectivity index (χ1n) is 6.34. The Balaban J connectivity index is 2.57. The zero-order valence-electron chi connectivity index (χ0n) is 11.5. The van der Waals surface area contributed by atoms with Gasteiger partial charge in [-0.25, -0.2) is 4.79 Å². The Morgan fingerprint density at radius 1 is 1.53 bits per heavy atom. The van der Waals surface area contributed by atoms with Crippen LogP contribution in [0.5, 0.6) is 0 Å². The number of piperidine rings is 1. The monoisotopic (exact) mass is 271 g/mol. The predicted molar refractivity (Wildman–Crippen MR) is 68.7 cm³/mol. The number of likely N-dealkylation sites (tertiary alicyclic amines) is 1. The quantitative estimate of drug-likeness (QED) is 0.759. The third-order valence-corrected chi connectivity index (χ3v) is 3.14. The van der Waals surface area contributed by atoms with Crippen LogP contribution in [-0.2, 0) is 9.59 Å². The first-order chi connectivity index (χ1) is 8.81. The zero-order valence-corrected chi connectivity index (χ0v) is 11.5. The summed E-state index contributed by atoms with van der Waals surface area (Å²) in [5.41, 5.74) is 0. The van der Waals surface area contributed by atoms with Gasteiger partial charge in [0.25, 0.3) is 0 Å². The van der Waals surface area contributed by atoms with Crippen molar-refractivity contribution in [1.82, 2.24) is 15.1 Å². The molecule has 0 spiro atoms. The first-order valence-corrected chi connectivity index (χ1v) is 6.34. The number of rotatable bonds is 4. The Labute approximate surface area is 112 Å². The number of carboxylic acid groups (broad SMARTS) is 1. The predicted octanol–water partition coefficient (Wildman–Crippen LogP) is 0.112. The third-order valence-electron chi connectivity index (χ3n) is 3.14. The number of hydrogen-bond acceptors (Lipinski definition) is 3. The number of nitrogens with zero attached hydrogens (tertiary/aromatic N) is 2. The molecule has 7 nitrogen and oxygen atoms in total. The lowest BCUT2D eigenvalue weighted by atomic mass is 10.1. The number of nitrogens with one attached hydrogen (secondary N) is 1. The van der Waals surface area contributed by atoms with Crippen molar-refractivity contribution in [2.24, 2.45) is 0 Å². The second-order valence-electron chi connectivity index (χ2n) is 5.07. The number of carbonyl (C=O) groups is 3. The second kappa shape index (κ2) is 6.40. The van der Waals surface area contributed by atoms with E-state index in [-0.39, 0.29) is 24.5 Å². The summed E-state index contributed by atoms with van der Waals surface area (Å²) in [6.45, 7) is 3.66. The summed E-state index contributed by atoms with van der Waals surface area (Å²) in [7, 11) is 1.69. The first kappa shape index (κ1) is 15.3. The smallest absolute Gasteiger partial charge is 0.323 e. The normalized spacial score (nSPS) is 19.5. The molecule has 0 aromatic rings. The minimum atomic E-state index is -1.04. The maximum absolute atomic E-state index is 12.0. The fraction of sp³-hybridized carbons (Fsp3) is 0.750. The summed E-state index contributed by atoms with van der Waals surface area (Å²) in [6.07, 6.45) is 0.996. The van der Waals surface area contributed by atoms with Crippen molar-refractivity contribution < 1.29 is 19.5 Å². The number of amides is 3. The molecule has 1 rings (SSSR count). The second-order valence-corrected chi connectivity index (χ2v) is 5.07. The zero-order chi connectivity index (χ0) is 14.6. The van der Waals surface area contributed by atoms with Crippen LogP contribution in [0.3, 0.4) is 0 Å². The maximum Gasteiger partial charge on any atom is 0.323 e. The van der Waals surface area contributed by atoms with E-state index in [1.165, 1.54) is 4.90 Å². The molecule has 1 heterocycles. The standard InChI is InChI=1S/C12H21N3O4/c1-8(2)15(7-11(17)18)12(19)13-9-4-5-10(16)14(3)6-9/h8-9H,4-7H2,1-3H3,(H,13,19)(H,17,18). The molecule has 19 heavy (non-hydrogen) atoms. The van der Waals surface area contributed by atoms with Gasteiger partial charge in [0.05, 0.1) is 0 Å². The van der Waals surface area contributed by atoms with Gasteiger partial charge in [0.2, 0.25) is 5.91 Å². The topological polar surface area (TPSA) is 90.0 Å². The number of likely N-dealkylation sites (N-methyl/N-ethyl adjacent to an activating group) is 1. The van der Waals surface area contributed by atoms with Crippen molar-refractivity contribution in [2.45, 2.75) is 38.8 Å². The number of urea groups is 1. The lowest BCUT2D eigenvalue weighted by Crippen LogP contribution is -2.54. The van der Waals surface area contributed by atoms with Gasteiger partial charge in [-0.15, -0.1) is 0 Å². The van der Waals surface area contributed by atoms with Gasteiger partial charge < -0.3 is 20.2 Å². The fourth-order valence-corrected chi connectivity index (χ4v) is 2.02. The molecule has 1 fully saturated rings. The summed E-state index contributed by atoms with van der Waals surface area (Å²) < 4.78 is 0. The van der Waals surface area contributed by atoms with Crippen molar-refractivity contribution in [1.29, 1.82) is 0 Å². The molecule has 0 bridgehead atoms. The number of hydrogen-bond donors (Lipinski definition) is 2. The molecule has 0 aromatic carbocycles. The Morgan fingerprint density at radius 2 is 2.16 bits per heavy atom. The molecule has 0 aliphatic carbocycles. The summed E-state index contributed by atoms with van der Waals surface area (Å²) in [5.74, 6) is -0.975. The molecular formula is C12H21N3O4. The van der Waals surface area contributed by atoms with Crippen LogP contribution >= 0.6 is 0 Å². The molecule has 1 aliphatic heterocycles. The third kappa shape index (κ3) is 4.42. The van der Waals surface area contributed by atoms with Crippen molar-refractivity contribution >= 4 is 17.9 Å². The fourth-order valence-electron chi connectivity index (χ4n) is 2.02. The van der Waals surface area contributed by atoms with Crippen molar-refractivity contribution in [2.75, 3.05) is 20.1 Å². The molecule has 1 unspecified atom stereocenters. The molecule has 0 radical (unpaired) electrons. The highest BCUT2D eigenvalue weighted by Gasteiger charge is 2.27. The van der Waals surface area contributed by atoms with Crippen molar-refractivity contribution in [3.05, 3.63) is 0 Å². The van der Waals surface area contributed by atoms with Crippen LogP contribution in [0.4, 0.5) is 4.79 Å². The van der Waals surface area contributed by atoms with Crippen LogP contribution in [0, 0.1) is 0 Å². The largest absolute Gasteiger partial charge is 0.480 e. The molecule has 108 valence electrons. The lowest BCUT2D eigenvalue weighted by Gasteiger charge is -2.33. The lowest BCUT2D eigenvalue weighted by molar-refractivity contribution is -0.138. The van der Waals surface area contributed by atoms with Gasteiger partial charge in [-0.3, -0.25) is 9.59 Å². The summed E-state index contributed by atoms with van der Waals surface area (Å²) in [5, 5.41) is 11.6. The van der Waals surface area contributed by atoms with E-state index < -0.39 is 12.0 Å².